The van der Waals surface area contributed by atoms with Crippen molar-refractivity contribution in [2.75, 3.05) is 0 Å². The number of rotatable bonds is 4. The molecule has 0 radical (unpaired) electrons. The Kier molecular flexibility index (Phi) is 3.88. The highest BCUT2D eigenvalue weighted by atomic mass is 16.4. The van der Waals surface area contributed by atoms with Gasteiger partial charge in [-0.3, -0.25) is 9.79 Å². The maximum absolute atomic E-state index is 13.6. The molecule has 4 aliphatic carbocycles. The lowest BCUT2D eigenvalue weighted by Crippen LogP contribution is -2.50. The van der Waals surface area contributed by atoms with E-state index in [0.29, 0.717) is 12.2 Å². The van der Waals surface area contributed by atoms with E-state index in [4.69, 9.17) is 4.99 Å². The standard InChI is InChI=1S/C24H29NO3/c1-23(2)13-18-4-3-17(22(27)28)8-19(18)20(25-23)9-21(26)24-10-14-5-15(11-24)7-16(6-14)12-24/h3-4,8,14-16H,5-7,9-13H2,1-2H3,(H,27,28). The van der Waals surface area contributed by atoms with Crippen LogP contribution in [0.3, 0.4) is 0 Å². The molecule has 4 bridgehead atoms. The van der Waals surface area contributed by atoms with E-state index < -0.39 is 5.97 Å². The van der Waals surface area contributed by atoms with Crippen molar-refractivity contribution in [1.82, 2.24) is 0 Å². The molecule has 0 amide bonds. The molecule has 4 nitrogen and oxygen atoms in total. The lowest BCUT2D eigenvalue weighted by Gasteiger charge is -2.56. The summed E-state index contributed by atoms with van der Waals surface area (Å²) >= 11 is 0. The van der Waals surface area contributed by atoms with Gasteiger partial charge in [0.15, 0.2) is 0 Å². The molecule has 4 fully saturated rings. The third-order valence-electron chi connectivity index (χ3n) is 7.69. The predicted octanol–water partition coefficient (Wildman–Crippen LogP) is 4.68. The Balaban J connectivity index is 1.47. The SMILES string of the molecule is CC1(C)Cc2ccc(C(=O)O)cc2C(CC(=O)C23CC4CC(CC(C4)C2)C3)=N1. The lowest BCUT2D eigenvalue weighted by molar-refractivity contribution is -0.142. The monoisotopic (exact) mass is 379 g/mol. The van der Waals surface area contributed by atoms with Crippen LogP contribution in [0.15, 0.2) is 23.2 Å². The Hall–Kier alpha value is -1.97. The van der Waals surface area contributed by atoms with Crippen LogP contribution >= 0.6 is 0 Å². The second-order valence-corrected chi connectivity index (χ2v) is 10.5. The van der Waals surface area contributed by atoms with Gasteiger partial charge < -0.3 is 5.11 Å². The average molecular weight is 380 g/mol. The maximum Gasteiger partial charge on any atom is 0.335 e. The lowest BCUT2D eigenvalue weighted by atomic mass is 9.48. The van der Waals surface area contributed by atoms with Gasteiger partial charge in [-0.25, -0.2) is 4.79 Å². The first kappa shape index (κ1) is 18.1. The van der Waals surface area contributed by atoms with E-state index in [2.05, 4.69) is 13.8 Å². The molecule has 0 atom stereocenters. The molecule has 148 valence electrons. The van der Waals surface area contributed by atoms with Crippen LogP contribution in [-0.4, -0.2) is 28.1 Å². The molecule has 28 heavy (non-hydrogen) atoms. The molecule has 0 aromatic heterocycles. The van der Waals surface area contributed by atoms with Crippen molar-refractivity contribution in [2.24, 2.45) is 28.2 Å². The van der Waals surface area contributed by atoms with Gasteiger partial charge in [-0.2, -0.15) is 0 Å². The number of nitrogens with zero attached hydrogens (tertiary/aromatic N) is 1. The van der Waals surface area contributed by atoms with E-state index in [1.165, 1.54) is 19.3 Å². The number of Topliss-reactive ketones (excluding diaryl/α,β-unsaturated/α-hetero) is 1. The van der Waals surface area contributed by atoms with Gasteiger partial charge in [-0.05, 0) is 94.2 Å². The van der Waals surface area contributed by atoms with Crippen LogP contribution in [0, 0.1) is 23.2 Å². The van der Waals surface area contributed by atoms with Crippen molar-refractivity contribution in [3.63, 3.8) is 0 Å². The fourth-order valence-corrected chi connectivity index (χ4v) is 6.99. The molecule has 1 aromatic carbocycles. The van der Waals surface area contributed by atoms with Crippen molar-refractivity contribution in [3.05, 3.63) is 34.9 Å². The Morgan fingerprint density at radius 3 is 2.25 bits per heavy atom. The van der Waals surface area contributed by atoms with Crippen LogP contribution in [0.2, 0.25) is 0 Å². The van der Waals surface area contributed by atoms with E-state index in [1.807, 2.05) is 6.07 Å². The first-order chi connectivity index (χ1) is 13.2. The fraction of sp³-hybridized carbons (Fsp3) is 0.625. The van der Waals surface area contributed by atoms with Gasteiger partial charge >= 0.3 is 5.97 Å². The first-order valence-electron chi connectivity index (χ1n) is 10.7. The Bertz CT molecular complexity index is 860. The quantitative estimate of drug-likeness (QED) is 0.826. The number of carboxylic acid groups (broad SMARTS) is 1. The molecule has 1 aliphatic heterocycles. The summed E-state index contributed by atoms with van der Waals surface area (Å²) in [5.41, 5.74) is 2.66. The van der Waals surface area contributed by atoms with E-state index in [0.717, 1.165) is 60.3 Å². The van der Waals surface area contributed by atoms with E-state index in [9.17, 15) is 14.7 Å². The summed E-state index contributed by atoms with van der Waals surface area (Å²) in [7, 11) is 0. The number of aromatic carboxylic acids is 1. The predicted molar refractivity (Wildman–Crippen MR) is 108 cm³/mol. The number of carbonyl (C=O) groups excluding carboxylic acids is 1. The molecule has 4 saturated carbocycles. The summed E-state index contributed by atoms with van der Waals surface area (Å²) in [5.74, 6) is 1.65. The van der Waals surface area contributed by atoms with Crippen molar-refractivity contribution >= 4 is 17.5 Å². The Labute approximate surface area is 166 Å². The number of ketones is 1. The third-order valence-corrected chi connectivity index (χ3v) is 7.69. The van der Waals surface area contributed by atoms with Crippen LogP contribution in [0.25, 0.3) is 0 Å². The summed E-state index contributed by atoms with van der Waals surface area (Å²) in [5, 5.41) is 9.40. The maximum atomic E-state index is 13.6. The number of benzene rings is 1. The van der Waals surface area contributed by atoms with Gasteiger partial charge in [0, 0.05) is 17.4 Å². The minimum Gasteiger partial charge on any atom is -0.478 e. The van der Waals surface area contributed by atoms with E-state index >= 15 is 0 Å². The smallest absolute Gasteiger partial charge is 0.335 e. The summed E-state index contributed by atoms with van der Waals surface area (Å²) in [6.45, 7) is 4.19. The number of hydrogen-bond donors (Lipinski definition) is 1. The van der Waals surface area contributed by atoms with Gasteiger partial charge in [-0.1, -0.05) is 6.07 Å². The van der Waals surface area contributed by atoms with Gasteiger partial charge in [-0.15, -0.1) is 0 Å². The fourth-order valence-electron chi connectivity index (χ4n) is 6.99. The second-order valence-electron chi connectivity index (χ2n) is 10.5. The van der Waals surface area contributed by atoms with Gasteiger partial charge in [0.1, 0.15) is 5.78 Å². The number of hydrogen-bond acceptors (Lipinski definition) is 3. The number of carboxylic acids is 1. The largest absolute Gasteiger partial charge is 0.478 e. The van der Waals surface area contributed by atoms with Crippen LogP contribution in [0.1, 0.15) is 80.3 Å². The van der Waals surface area contributed by atoms with Crippen molar-refractivity contribution < 1.29 is 14.7 Å². The third kappa shape index (κ3) is 2.92. The molecule has 6 rings (SSSR count). The molecule has 0 spiro atoms. The highest BCUT2D eigenvalue weighted by Crippen LogP contribution is 2.60. The van der Waals surface area contributed by atoms with Gasteiger partial charge in [0.05, 0.1) is 16.8 Å². The number of carbonyl (C=O) groups is 2. The summed E-state index contributed by atoms with van der Waals surface area (Å²) in [6.07, 6.45) is 8.30. The molecule has 1 heterocycles. The minimum atomic E-state index is -0.931. The highest BCUT2D eigenvalue weighted by molar-refractivity contribution is 6.14. The molecule has 1 aromatic rings. The van der Waals surface area contributed by atoms with Crippen LogP contribution in [-0.2, 0) is 11.2 Å². The zero-order valence-corrected chi connectivity index (χ0v) is 16.8. The van der Waals surface area contributed by atoms with E-state index in [-0.39, 0.29) is 16.5 Å². The van der Waals surface area contributed by atoms with Gasteiger partial charge in [0.25, 0.3) is 0 Å². The Morgan fingerprint density at radius 2 is 1.68 bits per heavy atom. The van der Waals surface area contributed by atoms with Crippen LogP contribution in [0.4, 0.5) is 0 Å². The summed E-state index contributed by atoms with van der Waals surface area (Å²) in [4.78, 5) is 30.0. The average Bonchev–Trinajstić information content (AvgIpc) is 2.59. The van der Waals surface area contributed by atoms with Crippen molar-refractivity contribution in [2.45, 2.75) is 70.8 Å². The molecule has 5 aliphatic rings. The van der Waals surface area contributed by atoms with Crippen LogP contribution in [0.5, 0.6) is 0 Å². The molecule has 0 unspecified atom stereocenters. The summed E-state index contributed by atoms with van der Waals surface area (Å²) in [6, 6.07) is 5.30. The highest BCUT2D eigenvalue weighted by Gasteiger charge is 2.54. The number of aliphatic imine (C=N–C) groups is 1. The molecule has 1 N–H and O–H groups in total. The normalized spacial score (nSPS) is 34.6. The minimum absolute atomic E-state index is 0.135. The van der Waals surface area contributed by atoms with Gasteiger partial charge in [0.2, 0.25) is 0 Å². The molecular formula is C24H29NO3. The summed E-state index contributed by atoms with van der Waals surface area (Å²) < 4.78 is 0. The van der Waals surface area contributed by atoms with Crippen molar-refractivity contribution in [1.29, 1.82) is 0 Å². The first-order valence-corrected chi connectivity index (χ1v) is 10.7. The zero-order chi connectivity index (χ0) is 19.7. The number of fused-ring (bicyclic) bond motifs is 1. The molecule has 0 saturated heterocycles. The topological polar surface area (TPSA) is 66.7 Å². The molecular weight excluding hydrogens is 350 g/mol. The molecule has 4 heteroatoms. The van der Waals surface area contributed by atoms with Crippen LogP contribution < -0.4 is 0 Å². The van der Waals surface area contributed by atoms with E-state index in [1.54, 1.807) is 12.1 Å². The second kappa shape index (κ2) is 6.01. The van der Waals surface area contributed by atoms with Crippen molar-refractivity contribution in [3.8, 4) is 0 Å². The zero-order valence-electron chi connectivity index (χ0n) is 16.8. The Morgan fingerprint density at radius 1 is 1.07 bits per heavy atom.